The van der Waals surface area contributed by atoms with Crippen LogP contribution in [0.5, 0.6) is 0 Å². The third-order valence-corrected chi connectivity index (χ3v) is 2.72. The molecule has 0 unspecified atom stereocenters. The maximum absolute atomic E-state index is 10.6. The van der Waals surface area contributed by atoms with Crippen LogP contribution in [0.2, 0.25) is 5.02 Å². The van der Waals surface area contributed by atoms with Crippen molar-refractivity contribution >= 4 is 29.6 Å². The van der Waals surface area contributed by atoms with E-state index in [4.69, 9.17) is 11.6 Å². The van der Waals surface area contributed by atoms with Crippen molar-refractivity contribution in [2.75, 3.05) is 5.75 Å². The number of rotatable bonds is 3. The number of carbonyl (C=O) groups is 1. The standard InChI is InChI=1S/C9H9ClOS/c1-2-12-9-5-3-4-8(10)7(9)6-11/h3-6H,2H2,1H3. The maximum Gasteiger partial charge on any atom is 0.152 e. The van der Waals surface area contributed by atoms with E-state index in [0.29, 0.717) is 10.6 Å². The van der Waals surface area contributed by atoms with Gasteiger partial charge in [-0.05, 0) is 17.9 Å². The predicted octanol–water partition coefficient (Wildman–Crippen LogP) is 3.26. The van der Waals surface area contributed by atoms with Gasteiger partial charge in [-0.1, -0.05) is 24.6 Å². The van der Waals surface area contributed by atoms with E-state index in [1.165, 1.54) is 0 Å². The average Bonchev–Trinajstić information content (AvgIpc) is 2.05. The first-order valence-electron chi connectivity index (χ1n) is 3.66. The first-order valence-corrected chi connectivity index (χ1v) is 5.02. The molecule has 1 aromatic rings. The van der Waals surface area contributed by atoms with Crippen LogP contribution in [-0.2, 0) is 0 Å². The van der Waals surface area contributed by atoms with Crippen molar-refractivity contribution in [1.29, 1.82) is 0 Å². The van der Waals surface area contributed by atoms with E-state index in [1.54, 1.807) is 17.8 Å². The van der Waals surface area contributed by atoms with Gasteiger partial charge in [0.15, 0.2) is 6.29 Å². The van der Waals surface area contributed by atoms with Crippen LogP contribution in [0.25, 0.3) is 0 Å². The van der Waals surface area contributed by atoms with Crippen molar-refractivity contribution in [1.82, 2.24) is 0 Å². The first-order chi connectivity index (χ1) is 5.79. The van der Waals surface area contributed by atoms with Crippen molar-refractivity contribution in [3.63, 3.8) is 0 Å². The number of hydrogen-bond acceptors (Lipinski definition) is 2. The third-order valence-electron chi connectivity index (χ3n) is 1.43. The fourth-order valence-corrected chi connectivity index (χ4v) is 1.99. The Labute approximate surface area is 81.1 Å². The summed E-state index contributed by atoms with van der Waals surface area (Å²) in [6, 6.07) is 5.49. The Hall–Kier alpha value is -0.470. The number of benzene rings is 1. The molecule has 0 spiro atoms. The van der Waals surface area contributed by atoms with Gasteiger partial charge in [-0.3, -0.25) is 4.79 Å². The molecule has 0 N–H and O–H groups in total. The summed E-state index contributed by atoms with van der Waals surface area (Å²) < 4.78 is 0. The van der Waals surface area contributed by atoms with Gasteiger partial charge in [0.25, 0.3) is 0 Å². The summed E-state index contributed by atoms with van der Waals surface area (Å²) in [5, 5.41) is 0.531. The zero-order valence-corrected chi connectivity index (χ0v) is 8.28. The molecule has 0 saturated carbocycles. The van der Waals surface area contributed by atoms with Crippen molar-refractivity contribution in [3.8, 4) is 0 Å². The van der Waals surface area contributed by atoms with Gasteiger partial charge in [-0.2, -0.15) is 0 Å². The molecule has 0 amide bonds. The van der Waals surface area contributed by atoms with Crippen LogP contribution in [0.4, 0.5) is 0 Å². The summed E-state index contributed by atoms with van der Waals surface area (Å²) in [4.78, 5) is 11.6. The second-order valence-corrected chi connectivity index (χ2v) is 3.92. The Kier molecular flexibility index (Phi) is 3.63. The number of thioether (sulfide) groups is 1. The molecule has 64 valence electrons. The Balaban J connectivity index is 3.09. The fraction of sp³-hybridized carbons (Fsp3) is 0.222. The minimum atomic E-state index is 0.531. The zero-order valence-electron chi connectivity index (χ0n) is 6.71. The second kappa shape index (κ2) is 4.53. The van der Waals surface area contributed by atoms with Crippen LogP contribution < -0.4 is 0 Å². The summed E-state index contributed by atoms with van der Waals surface area (Å²) in [5.74, 6) is 0.946. The highest BCUT2D eigenvalue weighted by Gasteiger charge is 2.04. The smallest absolute Gasteiger partial charge is 0.152 e. The Bertz CT molecular complexity index is 286. The second-order valence-electron chi connectivity index (χ2n) is 2.20. The Morgan fingerprint density at radius 1 is 1.58 bits per heavy atom. The lowest BCUT2D eigenvalue weighted by molar-refractivity contribution is 0.112. The van der Waals surface area contributed by atoms with Gasteiger partial charge >= 0.3 is 0 Å². The summed E-state index contributed by atoms with van der Waals surface area (Å²) in [5.41, 5.74) is 0.603. The van der Waals surface area contributed by atoms with Crippen molar-refractivity contribution in [2.24, 2.45) is 0 Å². The average molecular weight is 201 g/mol. The van der Waals surface area contributed by atoms with Gasteiger partial charge in [0, 0.05) is 10.5 Å². The zero-order chi connectivity index (χ0) is 8.97. The number of carbonyl (C=O) groups excluding carboxylic acids is 1. The van der Waals surface area contributed by atoms with E-state index in [2.05, 4.69) is 0 Å². The fourth-order valence-electron chi connectivity index (χ4n) is 0.913. The largest absolute Gasteiger partial charge is 0.298 e. The molecule has 0 aromatic heterocycles. The van der Waals surface area contributed by atoms with Crippen LogP contribution in [-0.4, -0.2) is 12.0 Å². The minimum absolute atomic E-state index is 0.531. The van der Waals surface area contributed by atoms with Crippen LogP contribution in [0.1, 0.15) is 17.3 Å². The molecule has 3 heteroatoms. The molecule has 0 atom stereocenters. The molecule has 1 aromatic carbocycles. The van der Waals surface area contributed by atoms with Crippen molar-refractivity contribution in [3.05, 3.63) is 28.8 Å². The molecule has 0 aliphatic rings. The van der Waals surface area contributed by atoms with E-state index in [0.717, 1.165) is 16.9 Å². The Morgan fingerprint density at radius 3 is 2.92 bits per heavy atom. The molecule has 0 fully saturated rings. The number of hydrogen-bond donors (Lipinski definition) is 0. The highest BCUT2D eigenvalue weighted by Crippen LogP contribution is 2.26. The quantitative estimate of drug-likeness (QED) is 0.550. The van der Waals surface area contributed by atoms with Gasteiger partial charge in [0.05, 0.1) is 5.02 Å². The number of halogens is 1. The van der Waals surface area contributed by atoms with Crippen molar-refractivity contribution < 1.29 is 4.79 Å². The third kappa shape index (κ3) is 2.02. The topological polar surface area (TPSA) is 17.1 Å². The molecule has 0 radical (unpaired) electrons. The van der Waals surface area contributed by atoms with E-state index in [9.17, 15) is 4.79 Å². The molecule has 1 nitrogen and oxygen atoms in total. The lowest BCUT2D eigenvalue weighted by atomic mass is 10.2. The molecule has 12 heavy (non-hydrogen) atoms. The molecule has 0 aliphatic carbocycles. The maximum atomic E-state index is 10.6. The monoisotopic (exact) mass is 200 g/mol. The molecule has 0 aliphatic heterocycles. The normalized spacial score (nSPS) is 9.83. The van der Waals surface area contributed by atoms with Gasteiger partial charge < -0.3 is 0 Å². The van der Waals surface area contributed by atoms with E-state index >= 15 is 0 Å². The molecular formula is C9H9ClOS. The van der Waals surface area contributed by atoms with Crippen LogP contribution >= 0.6 is 23.4 Å². The number of aldehydes is 1. The minimum Gasteiger partial charge on any atom is -0.298 e. The van der Waals surface area contributed by atoms with Crippen molar-refractivity contribution in [2.45, 2.75) is 11.8 Å². The predicted molar refractivity (Wildman–Crippen MR) is 53.2 cm³/mol. The van der Waals surface area contributed by atoms with Crippen LogP contribution in [0.3, 0.4) is 0 Å². The summed E-state index contributed by atoms with van der Waals surface area (Å²) in [6.07, 6.45) is 0.806. The van der Waals surface area contributed by atoms with E-state index in [1.807, 2.05) is 19.1 Å². The molecule has 0 saturated heterocycles. The molecule has 0 bridgehead atoms. The van der Waals surface area contributed by atoms with E-state index in [-0.39, 0.29) is 0 Å². The molecular weight excluding hydrogens is 192 g/mol. The highest BCUT2D eigenvalue weighted by molar-refractivity contribution is 7.99. The summed E-state index contributed by atoms with van der Waals surface area (Å²) >= 11 is 7.45. The summed E-state index contributed by atoms with van der Waals surface area (Å²) in [6.45, 7) is 2.04. The highest BCUT2D eigenvalue weighted by atomic mass is 35.5. The van der Waals surface area contributed by atoms with Gasteiger partial charge in [-0.25, -0.2) is 0 Å². The van der Waals surface area contributed by atoms with Gasteiger partial charge in [0.2, 0.25) is 0 Å². The van der Waals surface area contributed by atoms with Gasteiger partial charge in [-0.15, -0.1) is 11.8 Å². The summed E-state index contributed by atoms with van der Waals surface area (Å²) in [7, 11) is 0. The van der Waals surface area contributed by atoms with Crippen LogP contribution in [0, 0.1) is 0 Å². The molecule has 0 heterocycles. The first kappa shape index (κ1) is 9.62. The van der Waals surface area contributed by atoms with Gasteiger partial charge in [0.1, 0.15) is 0 Å². The lowest BCUT2D eigenvalue weighted by Gasteiger charge is -2.02. The van der Waals surface area contributed by atoms with Crippen LogP contribution in [0.15, 0.2) is 23.1 Å². The Morgan fingerprint density at radius 2 is 2.33 bits per heavy atom. The molecule has 1 rings (SSSR count). The SMILES string of the molecule is CCSc1cccc(Cl)c1C=O. The van der Waals surface area contributed by atoms with E-state index < -0.39 is 0 Å². The lowest BCUT2D eigenvalue weighted by Crippen LogP contribution is -1.86.